The van der Waals surface area contributed by atoms with Crippen molar-refractivity contribution in [1.29, 1.82) is 0 Å². The number of likely N-dealkylation sites (N-methyl/N-ethyl adjacent to an activating group) is 1. The molecule has 2 rings (SSSR count). The highest BCUT2D eigenvalue weighted by Gasteiger charge is 2.26. The van der Waals surface area contributed by atoms with E-state index in [2.05, 4.69) is 15.3 Å². The fourth-order valence-corrected chi connectivity index (χ4v) is 1.80. The van der Waals surface area contributed by atoms with Gasteiger partial charge in [-0.25, -0.2) is 9.97 Å². The molecule has 1 aromatic heterocycles. The van der Waals surface area contributed by atoms with Crippen molar-refractivity contribution < 1.29 is 9.53 Å². The van der Waals surface area contributed by atoms with Crippen LogP contribution in [0.3, 0.4) is 0 Å². The van der Waals surface area contributed by atoms with E-state index in [0.717, 1.165) is 18.2 Å². The van der Waals surface area contributed by atoms with Gasteiger partial charge in [0.1, 0.15) is 11.6 Å². The molecule has 2 heterocycles. The summed E-state index contributed by atoms with van der Waals surface area (Å²) in [6.07, 6.45) is 1.30. The SMILES string of the molecule is CNC(=O)C1CN(c2ccnc(C)n2)CCO1. The summed E-state index contributed by atoms with van der Waals surface area (Å²) in [5.74, 6) is 1.47. The smallest absolute Gasteiger partial charge is 0.250 e. The molecular formula is C11H16N4O2. The molecule has 0 spiro atoms. The number of hydrogen-bond acceptors (Lipinski definition) is 5. The van der Waals surface area contributed by atoms with Crippen LogP contribution in [0.4, 0.5) is 5.82 Å². The standard InChI is InChI=1S/C11H16N4O2/c1-8-13-4-3-10(14-8)15-5-6-17-9(7-15)11(16)12-2/h3-4,9H,5-7H2,1-2H3,(H,12,16). The average Bonchev–Trinajstić information content (AvgIpc) is 2.38. The first-order valence-electron chi connectivity index (χ1n) is 5.58. The Morgan fingerprint density at radius 1 is 1.65 bits per heavy atom. The number of amides is 1. The van der Waals surface area contributed by atoms with Gasteiger partial charge in [-0.1, -0.05) is 0 Å². The molecule has 1 unspecified atom stereocenters. The number of morpholine rings is 1. The molecule has 1 aliphatic heterocycles. The van der Waals surface area contributed by atoms with E-state index in [1.54, 1.807) is 13.2 Å². The quantitative estimate of drug-likeness (QED) is 0.766. The highest BCUT2D eigenvalue weighted by Crippen LogP contribution is 2.14. The van der Waals surface area contributed by atoms with Crippen LogP contribution in [0.15, 0.2) is 12.3 Å². The Kier molecular flexibility index (Phi) is 3.53. The summed E-state index contributed by atoms with van der Waals surface area (Å²) < 4.78 is 5.42. The van der Waals surface area contributed by atoms with E-state index in [1.807, 2.05) is 17.9 Å². The molecule has 1 fully saturated rings. The minimum Gasteiger partial charge on any atom is -0.365 e. The van der Waals surface area contributed by atoms with E-state index in [1.165, 1.54) is 0 Å². The van der Waals surface area contributed by atoms with Gasteiger partial charge in [-0.2, -0.15) is 0 Å². The van der Waals surface area contributed by atoms with E-state index in [-0.39, 0.29) is 5.91 Å². The summed E-state index contributed by atoms with van der Waals surface area (Å²) >= 11 is 0. The van der Waals surface area contributed by atoms with Crippen LogP contribution >= 0.6 is 0 Å². The summed E-state index contributed by atoms with van der Waals surface area (Å²) in [4.78, 5) is 22.0. The zero-order chi connectivity index (χ0) is 12.3. The maximum Gasteiger partial charge on any atom is 0.250 e. The molecule has 1 aromatic rings. The Hall–Kier alpha value is -1.69. The zero-order valence-corrected chi connectivity index (χ0v) is 10.0. The first kappa shape index (κ1) is 11.8. The van der Waals surface area contributed by atoms with Crippen LogP contribution in [0.5, 0.6) is 0 Å². The minimum atomic E-state index is -0.427. The van der Waals surface area contributed by atoms with E-state index in [9.17, 15) is 4.79 Å². The Bertz CT molecular complexity index is 410. The first-order chi connectivity index (χ1) is 8.20. The molecular weight excluding hydrogens is 220 g/mol. The van der Waals surface area contributed by atoms with Gasteiger partial charge in [0.05, 0.1) is 13.2 Å². The fraction of sp³-hybridized carbons (Fsp3) is 0.545. The molecule has 0 radical (unpaired) electrons. The summed E-state index contributed by atoms with van der Waals surface area (Å²) in [6.45, 7) is 3.64. The fourth-order valence-electron chi connectivity index (χ4n) is 1.80. The number of aromatic nitrogens is 2. The Morgan fingerprint density at radius 3 is 3.18 bits per heavy atom. The third-order valence-electron chi connectivity index (χ3n) is 2.69. The molecule has 6 nitrogen and oxygen atoms in total. The van der Waals surface area contributed by atoms with Crippen molar-refractivity contribution in [1.82, 2.24) is 15.3 Å². The first-order valence-corrected chi connectivity index (χ1v) is 5.58. The second-order valence-electron chi connectivity index (χ2n) is 3.88. The van der Waals surface area contributed by atoms with Crippen LogP contribution in [0.1, 0.15) is 5.82 Å². The number of carbonyl (C=O) groups excluding carboxylic acids is 1. The van der Waals surface area contributed by atoms with Crippen molar-refractivity contribution in [2.45, 2.75) is 13.0 Å². The van der Waals surface area contributed by atoms with Crippen molar-refractivity contribution >= 4 is 11.7 Å². The highest BCUT2D eigenvalue weighted by atomic mass is 16.5. The molecule has 1 atom stereocenters. The van der Waals surface area contributed by atoms with E-state index in [4.69, 9.17) is 4.74 Å². The number of anilines is 1. The van der Waals surface area contributed by atoms with Gasteiger partial charge in [-0.05, 0) is 13.0 Å². The molecule has 0 saturated carbocycles. The van der Waals surface area contributed by atoms with Gasteiger partial charge in [-0.15, -0.1) is 0 Å². The lowest BCUT2D eigenvalue weighted by Crippen LogP contribution is -2.49. The van der Waals surface area contributed by atoms with Gasteiger partial charge in [0.2, 0.25) is 0 Å². The van der Waals surface area contributed by atoms with Gasteiger partial charge in [0, 0.05) is 19.8 Å². The van der Waals surface area contributed by atoms with Gasteiger partial charge in [0.25, 0.3) is 5.91 Å². The predicted molar refractivity (Wildman–Crippen MR) is 62.8 cm³/mol. The van der Waals surface area contributed by atoms with Gasteiger partial charge >= 0.3 is 0 Å². The van der Waals surface area contributed by atoms with Gasteiger partial charge in [-0.3, -0.25) is 4.79 Å². The van der Waals surface area contributed by atoms with Crippen molar-refractivity contribution in [3.8, 4) is 0 Å². The van der Waals surface area contributed by atoms with Crippen LogP contribution < -0.4 is 10.2 Å². The monoisotopic (exact) mass is 236 g/mol. The summed E-state index contributed by atoms with van der Waals surface area (Å²) in [5, 5.41) is 2.59. The third kappa shape index (κ3) is 2.71. The molecule has 1 saturated heterocycles. The minimum absolute atomic E-state index is 0.0968. The molecule has 0 aliphatic carbocycles. The number of hydrogen-bond donors (Lipinski definition) is 1. The largest absolute Gasteiger partial charge is 0.365 e. The van der Waals surface area contributed by atoms with Gasteiger partial charge < -0.3 is 15.0 Å². The Balaban J connectivity index is 2.09. The molecule has 92 valence electrons. The molecule has 6 heteroatoms. The average molecular weight is 236 g/mol. The van der Waals surface area contributed by atoms with Crippen LogP contribution in [0.25, 0.3) is 0 Å². The highest BCUT2D eigenvalue weighted by molar-refractivity contribution is 5.81. The summed E-state index contributed by atoms with van der Waals surface area (Å²) in [7, 11) is 1.61. The van der Waals surface area contributed by atoms with E-state index < -0.39 is 6.10 Å². The zero-order valence-electron chi connectivity index (χ0n) is 10.0. The Labute approximate surface area is 100 Å². The molecule has 1 aliphatic rings. The molecule has 0 bridgehead atoms. The summed E-state index contributed by atoms with van der Waals surface area (Å²) in [5.41, 5.74) is 0. The van der Waals surface area contributed by atoms with Crippen molar-refractivity contribution in [3.05, 3.63) is 18.1 Å². The van der Waals surface area contributed by atoms with Crippen LogP contribution in [-0.4, -0.2) is 48.7 Å². The topological polar surface area (TPSA) is 67.4 Å². The molecule has 0 aromatic carbocycles. The lowest BCUT2D eigenvalue weighted by Gasteiger charge is -2.32. The molecule has 17 heavy (non-hydrogen) atoms. The molecule has 1 amide bonds. The van der Waals surface area contributed by atoms with Crippen LogP contribution in [0.2, 0.25) is 0 Å². The normalized spacial score (nSPS) is 20.1. The van der Waals surface area contributed by atoms with Crippen LogP contribution in [0, 0.1) is 6.92 Å². The lowest BCUT2D eigenvalue weighted by atomic mass is 10.2. The maximum atomic E-state index is 11.5. The van der Waals surface area contributed by atoms with Gasteiger partial charge in [0.15, 0.2) is 6.10 Å². The maximum absolute atomic E-state index is 11.5. The summed E-state index contributed by atoms with van der Waals surface area (Å²) in [6, 6.07) is 1.85. The number of ether oxygens (including phenoxy) is 1. The lowest BCUT2D eigenvalue weighted by molar-refractivity contribution is -0.132. The second-order valence-corrected chi connectivity index (χ2v) is 3.88. The second kappa shape index (κ2) is 5.09. The number of nitrogens with zero attached hydrogens (tertiary/aromatic N) is 3. The molecule has 1 N–H and O–H groups in total. The number of nitrogens with one attached hydrogen (secondary N) is 1. The van der Waals surface area contributed by atoms with E-state index in [0.29, 0.717) is 13.2 Å². The number of carbonyl (C=O) groups is 1. The van der Waals surface area contributed by atoms with Crippen LogP contribution in [-0.2, 0) is 9.53 Å². The van der Waals surface area contributed by atoms with Crippen molar-refractivity contribution in [2.24, 2.45) is 0 Å². The number of aryl methyl sites for hydroxylation is 1. The van der Waals surface area contributed by atoms with Crippen molar-refractivity contribution in [2.75, 3.05) is 31.6 Å². The third-order valence-corrected chi connectivity index (χ3v) is 2.69. The van der Waals surface area contributed by atoms with E-state index >= 15 is 0 Å². The Morgan fingerprint density at radius 2 is 2.47 bits per heavy atom. The predicted octanol–water partition coefficient (Wildman–Crippen LogP) is -0.264. The number of rotatable bonds is 2. The van der Waals surface area contributed by atoms with Crippen molar-refractivity contribution in [3.63, 3.8) is 0 Å².